The summed E-state index contributed by atoms with van der Waals surface area (Å²) in [5.41, 5.74) is 4.08. The second kappa shape index (κ2) is 9.96. The molecule has 1 amide bonds. The molecule has 2 fully saturated rings. The largest absolute Gasteiger partial charge is 0.453 e. The molecule has 0 saturated carbocycles. The minimum Gasteiger partial charge on any atom is -0.453 e. The molecule has 0 spiro atoms. The van der Waals surface area contributed by atoms with Crippen molar-refractivity contribution in [3.8, 4) is 11.5 Å². The fourth-order valence-corrected chi connectivity index (χ4v) is 5.81. The number of β-amino-alcohol motifs (C(OH)–C–C–N with tert-alkyl or cyclic N) is 1. The van der Waals surface area contributed by atoms with Gasteiger partial charge in [-0.2, -0.15) is 0 Å². The van der Waals surface area contributed by atoms with Gasteiger partial charge in [-0.3, -0.25) is 9.69 Å². The van der Waals surface area contributed by atoms with E-state index in [1.807, 2.05) is 30.3 Å². The average Bonchev–Trinajstić information content (AvgIpc) is 2.92. The summed E-state index contributed by atoms with van der Waals surface area (Å²) in [6.45, 7) is 4.16. The fraction of sp³-hybridized carbons (Fsp3) is 0.367. The first-order chi connectivity index (χ1) is 17.7. The van der Waals surface area contributed by atoms with E-state index in [9.17, 15) is 9.90 Å². The van der Waals surface area contributed by atoms with E-state index in [0.29, 0.717) is 24.7 Å². The molecule has 0 radical (unpaired) electrons. The zero-order valence-electron chi connectivity index (χ0n) is 20.6. The number of benzene rings is 3. The zero-order valence-corrected chi connectivity index (χ0v) is 20.6. The van der Waals surface area contributed by atoms with Gasteiger partial charge in [0.2, 0.25) is 0 Å². The van der Waals surface area contributed by atoms with Gasteiger partial charge in [0.1, 0.15) is 0 Å². The molecular weight excluding hydrogens is 450 g/mol. The third-order valence-corrected chi connectivity index (χ3v) is 7.67. The predicted octanol–water partition coefficient (Wildman–Crippen LogP) is 5.19. The van der Waals surface area contributed by atoms with E-state index in [0.717, 1.165) is 68.2 Å². The summed E-state index contributed by atoms with van der Waals surface area (Å²) in [5, 5.41) is 10.0. The molecule has 0 bridgehead atoms. The van der Waals surface area contributed by atoms with Crippen LogP contribution in [0, 0.1) is 0 Å². The van der Waals surface area contributed by atoms with Gasteiger partial charge in [-0.15, -0.1) is 0 Å². The molecule has 0 aromatic heterocycles. The molecule has 6 heteroatoms. The van der Waals surface area contributed by atoms with Crippen LogP contribution in [-0.2, 0) is 6.54 Å². The van der Waals surface area contributed by atoms with Gasteiger partial charge in [0.15, 0.2) is 11.5 Å². The number of carbonyl (C=O) groups is 1. The van der Waals surface area contributed by atoms with Gasteiger partial charge in [0.05, 0.1) is 17.5 Å². The van der Waals surface area contributed by atoms with E-state index >= 15 is 0 Å². The van der Waals surface area contributed by atoms with Crippen LogP contribution in [0.2, 0.25) is 0 Å². The van der Waals surface area contributed by atoms with Crippen LogP contribution in [0.25, 0.3) is 0 Å². The highest BCUT2D eigenvalue weighted by Gasteiger charge is 2.33. The normalized spacial score (nSPS) is 20.4. The standard InChI is InChI=1S/C30H33N3O3/c34-25-9-6-16-32(21-25)30(35)23-12-13-27-29(19-23)36-28-11-5-4-10-26(28)33(27)24-14-17-31(18-15-24)20-22-7-2-1-3-8-22/h1-5,7-8,10-13,19,24-25,34H,6,9,14-18,20-21H2. The molecule has 36 heavy (non-hydrogen) atoms. The monoisotopic (exact) mass is 483 g/mol. The molecule has 3 aromatic rings. The third kappa shape index (κ3) is 4.59. The number of carbonyl (C=O) groups excluding carboxylic acids is 1. The first-order valence-corrected chi connectivity index (χ1v) is 13.1. The topological polar surface area (TPSA) is 56.2 Å². The van der Waals surface area contributed by atoms with Crippen LogP contribution in [-0.4, -0.2) is 59.1 Å². The number of likely N-dealkylation sites (tertiary alicyclic amines) is 2. The second-order valence-electron chi connectivity index (χ2n) is 10.2. The Bertz CT molecular complexity index is 1220. The molecule has 0 aliphatic carbocycles. The van der Waals surface area contributed by atoms with Crippen LogP contribution >= 0.6 is 0 Å². The molecule has 2 saturated heterocycles. The Morgan fingerprint density at radius 2 is 1.61 bits per heavy atom. The van der Waals surface area contributed by atoms with Gasteiger partial charge >= 0.3 is 0 Å². The lowest BCUT2D eigenvalue weighted by Crippen LogP contribution is -2.43. The quantitative estimate of drug-likeness (QED) is 0.553. The number of hydrogen-bond acceptors (Lipinski definition) is 5. The van der Waals surface area contributed by atoms with Crippen molar-refractivity contribution in [2.75, 3.05) is 31.1 Å². The lowest BCUT2D eigenvalue weighted by molar-refractivity contribution is 0.0473. The number of aliphatic hydroxyl groups is 1. The van der Waals surface area contributed by atoms with Crippen molar-refractivity contribution < 1.29 is 14.6 Å². The number of nitrogens with zero attached hydrogens (tertiary/aromatic N) is 3. The van der Waals surface area contributed by atoms with Crippen molar-refractivity contribution in [1.82, 2.24) is 9.80 Å². The van der Waals surface area contributed by atoms with E-state index in [4.69, 9.17) is 4.74 Å². The molecule has 186 valence electrons. The number of ether oxygens (including phenoxy) is 1. The molecule has 1 unspecified atom stereocenters. The van der Waals surface area contributed by atoms with Crippen molar-refractivity contribution in [1.29, 1.82) is 0 Å². The fourth-order valence-electron chi connectivity index (χ4n) is 5.81. The van der Waals surface area contributed by atoms with Crippen molar-refractivity contribution >= 4 is 17.3 Å². The maximum absolute atomic E-state index is 13.2. The number of rotatable bonds is 4. The Hall–Kier alpha value is -3.35. The molecule has 1 atom stereocenters. The minimum absolute atomic E-state index is 0.0419. The Morgan fingerprint density at radius 1 is 0.861 bits per heavy atom. The number of para-hydroxylation sites is 2. The first-order valence-electron chi connectivity index (χ1n) is 13.1. The van der Waals surface area contributed by atoms with Gasteiger partial charge in [0, 0.05) is 44.3 Å². The summed E-state index contributed by atoms with van der Waals surface area (Å²) in [6.07, 6.45) is 3.28. The third-order valence-electron chi connectivity index (χ3n) is 7.67. The SMILES string of the molecule is O=C(c1ccc2c(c1)Oc1ccccc1N2C1CCN(Cc2ccccc2)CC1)N1CCCC(O)C1. The lowest BCUT2D eigenvalue weighted by atomic mass is 9.98. The number of piperidine rings is 2. The van der Waals surface area contributed by atoms with Crippen molar-refractivity contribution in [3.05, 3.63) is 83.9 Å². The Labute approximate surface area is 212 Å². The zero-order chi connectivity index (χ0) is 24.5. The van der Waals surface area contributed by atoms with Crippen LogP contribution < -0.4 is 9.64 Å². The van der Waals surface area contributed by atoms with Crippen molar-refractivity contribution in [3.63, 3.8) is 0 Å². The average molecular weight is 484 g/mol. The predicted molar refractivity (Wildman–Crippen MR) is 141 cm³/mol. The van der Waals surface area contributed by atoms with Crippen LogP contribution in [0.4, 0.5) is 11.4 Å². The van der Waals surface area contributed by atoms with E-state index in [1.54, 1.807) is 4.90 Å². The van der Waals surface area contributed by atoms with Crippen molar-refractivity contribution in [2.24, 2.45) is 0 Å². The van der Waals surface area contributed by atoms with Gasteiger partial charge in [-0.1, -0.05) is 42.5 Å². The highest BCUT2D eigenvalue weighted by atomic mass is 16.5. The van der Waals surface area contributed by atoms with Crippen LogP contribution in [0.15, 0.2) is 72.8 Å². The number of amides is 1. The van der Waals surface area contributed by atoms with E-state index in [2.05, 4.69) is 52.3 Å². The molecular formula is C30H33N3O3. The lowest BCUT2D eigenvalue weighted by Gasteiger charge is -2.42. The molecule has 3 heterocycles. The maximum atomic E-state index is 13.2. The van der Waals surface area contributed by atoms with Crippen LogP contribution in [0.1, 0.15) is 41.6 Å². The smallest absolute Gasteiger partial charge is 0.254 e. The molecule has 3 aliphatic rings. The number of aliphatic hydroxyl groups excluding tert-OH is 1. The van der Waals surface area contributed by atoms with Gasteiger partial charge in [-0.25, -0.2) is 0 Å². The first kappa shape index (κ1) is 23.1. The van der Waals surface area contributed by atoms with E-state index in [-0.39, 0.29) is 5.91 Å². The number of hydrogen-bond donors (Lipinski definition) is 1. The number of fused-ring (bicyclic) bond motifs is 2. The Kier molecular flexibility index (Phi) is 6.38. The maximum Gasteiger partial charge on any atom is 0.254 e. The summed E-state index contributed by atoms with van der Waals surface area (Å²) in [5.74, 6) is 1.51. The summed E-state index contributed by atoms with van der Waals surface area (Å²) >= 11 is 0. The summed E-state index contributed by atoms with van der Waals surface area (Å²) in [7, 11) is 0. The summed E-state index contributed by atoms with van der Waals surface area (Å²) in [6, 6.07) is 25.1. The van der Waals surface area contributed by atoms with E-state index < -0.39 is 6.10 Å². The molecule has 3 aromatic carbocycles. The highest BCUT2D eigenvalue weighted by molar-refractivity contribution is 5.96. The summed E-state index contributed by atoms with van der Waals surface area (Å²) in [4.78, 5) is 19.9. The number of anilines is 2. The van der Waals surface area contributed by atoms with Crippen LogP contribution in [0.3, 0.4) is 0 Å². The van der Waals surface area contributed by atoms with Crippen LogP contribution in [0.5, 0.6) is 11.5 Å². The van der Waals surface area contributed by atoms with E-state index in [1.165, 1.54) is 5.56 Å². The van der Waals surface area contributed by atoms with Crippen molar-refractivity contribution in [2.45, 2.75) is 44.4 Å². The Morgan fingerprint density at radius 3 is 2.42 bits per heavy atom. The van der Waals surface area contributed by atoms with Gasteiger partial charge in [0.25, 0.3) is 5.91 Å². The second-order valence-corrected chi connectivity index (χ2v) is 10.2. The van der Waals surface area contributed by atoms with Gasteiger partial charge in [-0.05, 0) is 61.6 Å². The summed E-state index contributed by atoms with van der Waals surface area (Å²) < 4.78 is 6.33. The molecule has 6 rings (SSSR count). The Balaban J connectivity index is 1.23. The molecule has 3 aliphatic heterocycles. The molecule has 6 nitrogen and oxygen atoms in total. The van der Waals surface area contributed by atoms with Gasteiger partial charge < -0.3 is 19.6 Å². The molecule has 1 N–H and O–H groups in total. The minimum atomic E-state index is -0.438. The highest BCUT2D eigenvalue weighted by Crippen LogP contribution is 2.49.